The molecule has 0 atom stereocenters. The maximum absolute atomic E-state index is 11.8. The fourth-order valence-electron chi connectivity index (χ4n) is 2.64. The normalized spacial score (nSPS) is 14.8. The van der Waals surface area contributed by atoms with Crippen molar-refractivity contribution in [3.63, 3.8) is 0 Å². The number of nitrogens with zero attached hydrogens (tertiary/aromatic N) is 2. The average molecular weight is 270 g/mol. The number of para-hydroxylation sites is 1. The Morgan fingerprint density at radius 1 is 1.30 bits per heavy atom. The minimum Gasteiger partial charge on any atom is -0.450 e. The summed E-state index contributed by atoms with van der Waals surface area (Å²) in [5.74, 6) is 0. The molecule has 0 N–H and O–H groups in total. The van der Waals surface area contributed by atoms with E-state index in [1.165, 1.54) is 5.56 Å². The van der Waals surface area contributed by atoms with Crippen LogP contribution < -0.4 is 0 Å². The second-order valence-electron chi connectivity index (χ2n) is 4.97. The van der Waals surface area contributed by atoms with Crippen LogP contribution >= 0.6 is 0 Å². The molecule has 1 aliphatic heterocycles. The fraction of sp³-hybridized carbons (Fsp3) is 0.375. The first-order valence-corrected chi connectivity index (χ1v) is 7.07. The summed E-state index contributed by atoms with van der Waals surface area (Å²) < 4.78 is 5.08. The first-order chi connectivity index (χ1) is 9.78. The van der Waals surface area contributed by atoms with Crippen LogP contribution in [-0.2, 0) is 17.6 Å². The lowest BCUT2D eigenvalue weighted by atomic mass is 10.1. The van der Waals surface area contributed by atoms with Crippen LogP contribution in [0.5, 0.6) is 0 Å². The van der Waals surface area contributed by atoms with Crippen molar-refractivity contribution in [2.24, 2.45) is 0 Å². The number of ether oxygens (including phenoxy) is 1. The molecule has 2 aromatic rings. The third-order valence-electron chi connectivity index (χ3n) is 3.69. The highest BCUT2D eigenvalue weighted by Crippen LogP contribution is 2.20. The van der Waals surface area contributed by atoms with Gasteiger partial charge < -0.3 is 9.64 Å². The summed E-state index contributed by atoms with van der Waals surface area (Å²) in [5, 5.41) is 1.16. The van der Waals surface area contributed by atoms with Crippen LogP contribution in [-0.4, -0.2) is 35.7 Å². The van der Waals surface area contributed by atoms with Gasteiger partial charge in [0.25, 0.3) is 0 Å². The molecule has 4 nitrogen and oxygen atoms in total. The maximum Gasteiger partial charge on any atom is 0.409 e. The molecule has 2 heterocycles. The standard InChI is InChI=1S/C16H18N2O2/c1-2-20-16(19)18-9-7-13-11-12-5-3-4-6-14(12)17-15(13)8-10-18/h3-6,11H,2,7-10H2,1H3. The third kappa shape index (κ3) is 2.46. The van der Waals surface area contributed by atoms with E-state index in [0.29, 0.717) is 19.7 Å². The molecule has 0 fully saturated rings. The van der Waals surface area contributed by atoms with E-state index in [9.17, 15) is 4.79 Å². The van der Waals surface area contributed by atoms with Crippen LogP contribution in [0, 0.1) is 0 Å². The highest BCUT2D eigenvalue weighted by atomic mass is 16.6. The molecule has 0 radical (unpaired) electrons. The Morgan fingerprint density at radius 2 is 2.10 bits per heavy atom. The molecule has 1 aliphatic rings. The minimum atomic E-state index is -0.218. The Labute approximate surface area is 118 Å². The van der Waals surface area contributed by atoms with Gasteiger partial charge in [0.1, 0.15) is 0 Å². The second kappa shape index (κ2) is 5.49. The Kier molecular flexibility index (Phi) is 3.54. The number of hydrogen-bond donors (Lipinski definition) is 0. The van der Waals surface area contributed by atoms with Crippen molar-refractivity contribution in [3.05, 3.63) is 41.6 Å². The number of amides is 1. The molecule has 3 rings (SSSR count). The van der Waals surface area contributed by atoms with Gasteiger partial charge >= 0.3 is 6.09 Å². The minimum absolute atomic E-state index is 0.218. The van der Waals surface area contributed by atoms with Gasteiger partial charge in [-0.3, -0.25) is 4.98 Å². The summed E-state index contributed by atoms with van der Waals surface area (Å²) in [7, 11) is 0. The SMILES string of the molecule is CCOC(=O)N1CCc2cc3ccccc3nc2CC1. The van der Waals surface area contributed by atoms with E-state index in [4.69, 9.17) is 9.72 Å². The lowest BCUT2D eigenvalue weighted by molar-refractivity contribution is 0.109. The molecule has 104 valence electrons. The van der Waals surface area contributed by atoms with E-state index >= 15 is 0 Å². The van der Waals surface area contributed by atoms with Gasteiger partial charge in [-0.25, -0.2) is 4.79 Å². The zero-order valence-corrected chi connectivity index (χ0v) is 11.6. The number of aromatic nitrogens is 1. The summed E-state index contributed by atoms with van der Waals surface area (Å²) in [6.07, 6.45) is 1.41. The van der Waals surface area contributed by atoms with Crippen molar-refractivity contribution in [3.8, 4) is 0 Å². The summed E-state index contributed by atoms with van der Waals surface area (Å²) in [5.41, 5.74) is 3.38. The van der Waals surface area contributed by atoms with Crippen LogP contribution in [0.2, 0.25) is 0 Å². The molecule has 0 saturated heterocycles. The quantitative estimate of drug-likeness (QED) is 0.800. The van der Waals surface area contributed by atoms with Crippen LogP contribution in [0.15, 0.2) is 30.3 Å². The van der Waals surface area contributed by atoms with Crippen molar-refractivity contribution in [2.45, 2.75) is 19.8 Å². The lowest BCUT2D eigenvalue weighted by Gasteiger charge is -2.18. The van der Waals surface area contributed by atoms with Crippen molar-refractivity contribution in [1.29, 1.82) is 0 Å². The van der Waals surface area contributed by atoms with Crippen molar-refractivity contribution >= 4 is 17.0 Å². The summed E-state index contributed by atoms with van der Waals surface area (Å²) >= 11 is 0. The summed E-state index contributed by atoms with van der Waals surface area (Å²) in [6, 6.07) is 10.3. The molecule has 0 aliphatic carbocycles. The monoisotopic (exact) mass is 270 g/mol. The van der Waals surface area contributed by atoms with E-state index in [1.54, 1.807) is 4.90 Å². The Bertz CT molecular complexity index is 593. The molecule has 20 heavy (non-hydrogen) atoms. The number of fused-ring (bicyclic) bond motifs is 2. The van der Waals surface area contributed by atoms with Gasteiger partial charge in [0, 0.05) is 30.6 Å². The molecule has 1 amide bonds. The van der Waals surface area contributed by atoms with Crippen molar-refractivity contribution < 1.29 is 9.53 Å². The van der Waals surface area contributed by atoms with Crippen LogP contribution in [0.3, 0.4) is 0 Å². The highest BCUT2D eigenvalue weighted by molar-refractivity contribution is 5.79. The molecular formula is C16H18N2O2. The third-order valence-corrected chi connectivity index (χ3v) is 3.69. The number of pyridine rings is 1. The summed E-state index contributed by atoms with van der Waals surface area (Å²) in [4.78, 5) is 18.3. The van der Waals surface area contributed by atoms with E-state index in [0.717, 1.165) is 29.4 Å². The Balaban J connectivity index is 1.86. The van der Waals surface area contributed by atoms with Crippen molar-refractivity contribution in [2.75, 3.05) is 19.7 Å². The molecule has 0 unspecified atom stereocenters. The van der Waals surface area contributed by atoms with Gasteiger partial charge in [0.15, 0.2) is 0 Å². The number of carbonyl (C=O) groups excluding carboxylic acids is 1. The zero-order chi connectivity index (χ0) is 13.9. The van der Waals surface area contributed by atoms with Gasteiger partial charge in [-0.1, -0.05) is 18.2 Å². The number of hydrogen-bond acceptors (Lipinski definition) is 3. The van der Waals surface area contributed by atoms with E-state index in [2.05, 4.69) is 12.1 Å². The van der Waals surface area contributed by atoms with Crippen LogP contribution in [0.25, 0.3) is 10.9 Å². The number of benzene rings is 1. The second-order valence-corrected chi connectivity index (χ2v) is 4.97. The van der Waals surface area contributed by atoms with E-state index in [1.807, 2.05) is 25.1 Å². The van der Waals surface area contributed by atoms with Crippen molar-refractivity contribution in [1.82, 2.24) is 9.88 Å². The molecule has 0 bridgehead atoms. The van der Waals surface area contributed by atoms with E-state index in [-0.39, 0.29) is 6.09 Å². The van der Waals surface area contributed by atoms with Gasteiger partial charge in [0.05, 0.1) is 12.1 Å². The van der Waals surface area contributed by atoms with Crippen LogP contribution in [0.4, 0.5) is 4.79 Å². The number of rotatable bonds is 1. The predicted octanol–water partition coefficient (Wildman–Crippen LogP) is 2.79. The molecule has 0 spiro atoms. The van der Waals surface area contributed by atoms with Gasteiger partial charge in [0.2, 0.25) is 0 Å². The smallest absolute Gasteiger partial charge is 0.409 e. The molecule has 1 aromatic carbocycles. The van der Waals surface area contributed by atoms with Gasteiger partial charge in [-0.2, -0.15) is 0 Å². The predicted molar refractivity (Wildman–Crippen MR) is 77.7 cm³/mol. The summed E-state index contributed by atoms with van der Waals surface area (Å²) in [6.45, 7) is 3.63. The first-order valence-electron chi connectivity index (χ1n) is 7.07. The van der Waals surface area contributed by atoms with Crippen LogP contribution in [0.1, 0.15) is 18.2 Å². The molecule has 4 heteroatoms. The topological polar surface area (TPSA) is 42.4 Å². The molecule has 1 aromatic heterocycles. The largest absolute Gasteiger partial charge is 0.450 e. The van der Waals surface area contributed by atoms with Gasteiger partial charge in [-0.15, -0.1) is 0 Å². The Hall–Kier alpha value is -2.10. The zero-order valence-electron chi connectivity index (χ0n) is 11.6. The lowest BCUT2D eigenvalue weighted by Crippen LogP contribution is -2.33. The van der Waals surface area contributed by atoms with Gasteiger partial charge in [-0.05, 0) is 31.0 Å². The first kappa shape index (κ1) is 12.9. The fourth-order valence-corrected chi connectivity index (χ4v) is 2.64. The number of carbonyl (C=O) groups is 1. The van der Waals surface area contributed by atoms with E-state index < -0.39 is 0 Å². The maximum atomic E-state index is 11.8. The molecule has 0 saturated carbocycles. The Morgan fingerprint density at radius 3 is 2.95 bits per heavy atom. The highest BCUT2D eigenvalue weighted by Gasteiger charge is 2.20. The molecular weight excluding hydrogens is 252 g/mol. The average Bonchev–Trinajstić information content (AvgIpc) is 2.67.